The predicted octanol–water partition coefficient (Wildman–Crippen LogP) is 12.9. The van der Waals surface area contributed by atoms with E-state index in [2.05, 4.69) is 0 Å². The van der Waals surface area contributed by atoms with Gasteiger partial charge < -0.3 is 0 Å². The van der Waals surface area contributed by atoms with Gasteiger partial charge in [-0.25, -0.2) is 0 Å². The lowest BCUT2D eigenvalue weighted by Crippen LogP contribution is -2.75. The van der Waals surface area contributed by atoms with E-state index < -0.39 is 195 Å². The molecule has 5 aromatic carbocycles. The fraction of sp³-hybridized carbons (Fsp3) is 0.196. The molecule has 0 N–H and O–H groups in total. The molecule has 0 radical (unpaired) electrons. The molecule has 0 bridgehead atoms. The molecule has 6 aromatic rings. The lowest BCUT2D eigenvalue weighted by molar-refractivity contribution is -0.683. The summed E-state index contributed by atoms with van der Waals surface area (Å²) in [5.74, 6) is 0.0504. The number of ketones is 1. The quantitative estimate of drug-likeness (QED) is 0.0501. The standard InChI is InChI=1S/C32H12BF24.C14H12NO2/c34-25(35,36)13-1-14(26(37,38)39)6-21(5-13)33(22-7-15(27(40,41)42)2-16(8-22)28(43,44)45,23-9-17(29(46,47)48)3-18(10-23)30(49,50)51)24-11-19(31(52,53)54)4-20(12-24)32(55,56)57;16-11-12-6-8-15(9-7-12)10-14(17)13-4-2-1-3-5-13/h1-12H;1-9,11H,10H2/q-1;+1. The second kappa shape index (κ2) is 20.0. The SMILES string of the molecule is FC(F)(F)c1cc([B-](c2cc(C(F)(F)F)cc(C(F)(F)F)c2)(c2cc(C(F)(F)F)cc(C(F)(F)F)c2)c2cc(C(F)(F)F)cc(C(F)(F)F)c2)cc(C(F)(F)F)c1.O=Cc1cc[n+](CC(=O)c2ccccc2)cc1. The highest BCUT2D eigenvalue weighted by atomic mass is 19.4. The van der Waals surface area contributed by atoms with Gasteiger partial charge in [0.1, 0.15) is 6.15 Å². The first kappa shape index (κ1) is 57.9. The third-order valence-electron chi connectivity index (χ3n) is 10.9. The van der Waals surface area contributed by atoms with Crippen molar-refractivity contribution in [3.8, 4) is 0 Å². The van der Waals surface area contributed by atoms with Crippen molar-refractivity contribution < 1.29 is 120 Å². The van der Waals surface area contributed by atoms with E-state index in [1.54, 1.807) is 41.2 Å². The van der Waals surface area contributed by atoms with E-state index in [9.17, 15) is 115 Å². The van der Waals surface area contributed by atoms with Crippen LogP contribution in [0.5, 0.6) is 0 Å². The minimum atomic E-state index is -6.13. The van der Waals surface area contributed by atoms with Crippen LogP contribution in [0.3, 0.4) is 0 Å². The summed E-state index contributed by atoms with van der Waals surface area (Å²) < 4.78 is 343. The Bertz CT molecular complexity index is 2560. The van der Waals surface area contributed by atoms with Gasteiger partial charge in [-0.15, -0.1) is 0 Å². The Balaban J connectivity index is 0.000000500. The van der Waals surface area contributed by atoms with Crippen LogP contribution in [0.4, 0.5) is 105 Å². The number of hydrogen-bond acceptors (Lipinski definition) is 2. The first-order valence-electron chi connectivity index (χ1n) is 19.9. The van der Waals surface area contributed by atoms with Gasteiger partial charge in [-0.05, 0) is 24.3 Å². The summed E-state index contributed by atoms with van der Waals surface area (Å²) in [5.41, 5.74) is -28.9. The molecule has 0 saturated carbocycles. The number of aldehydes is 1. The highest BCUT2D eigenvalue weighted by Crippen LogP contribution is 2.41. The number of rotatable bonds is 8. The van der Waals surface area contributed by atoms with Crippen LogP contribution in [0, 0.1) is 0 Å². The van der Waals surface area contributed by atoms with Crippen molar-refractivity contribution in [1.82, 2.24) is 0 Å². The van der Waals surface area contributed by atoms with Crippen molar-refractivity contribution in [2.24, 2.45) is 0 Å². The Kier molecular flexibility index (Phi) is 15.7. The molecule has 0 atom stereocenters. The number of carbonyl (C=O) groups excluding carboxylic acids is 2. The van der Waals surface area contributed by atoms with Crippen molar-refractivity contribution in [3.63, 3.8) is 0 Å². The van der Waals surface area contributed by atoms with Gasteiger partial charge in [-0.2, -0.15) is 132 Å². The maximum atomic E-state index is 14.2. The van der Waals surface area contributed by atoms with Crippen LogP contribution in [0.2, 0.25) is 0 Å². The topological polar surface area (TPSA) is 38.0 Å². The van der Waals surface area contributed by atoms with E-state index in [1.807, 2.05) is 18.2 Å². The molecule has 3 nitrogen and oxygen atoms in total. The number of Topliss-reactive ketones (excluding diaryl/α,β-unsaturated/α-hetero) is 1. The number of benzene rings is 5. The summed E-state index contributed by atoms with van der Waals surface area (Å²) in [6.07, 6.45) is -50.6. The van der Waals surface area contributed by atoms with Crippen molar-refractivity contribution in [2.75, 3.05) is 0 Å². The lowest BCUT2D eigenvalue weighted by Gasteiger charge is -2.46. The van der Waals surface area contributed by atoms with Crippen molar-refractivity contribution in [2.45, 2.75) is 56.0 Å². The normalized spacial score (nSPS) is 13.3. The highest BCUT2D eigenvalue weighted by molar-refractivity contribution is 7.20. The highest BCUT2D eigenvalue weighted by Gasteiger charge is 2.47. The fourth-order valence-electron chi connectivity index (χ4n) is 7.60. The second-order valence-electron chi connectivity index (χ2n) is 15.9. The molecule has 0 aliphatic carbocycles. The molecular formula is C46H24BF24NO2. The van der Waals surface area contributed by atoms with E-state index >= 15 is 0 Å². The zero-order chi connectivity index (χ0) is 56.0. The molecule has 0 aliphatic heterocycles. The van der Waals surface area contributed by atoms with Gasteiger partial charge in [-0.1, -0.05) is 78.9 Å². The summed E-state index contributed by atoms with van der Waals surface area (Å²) in [6, 6.07) is 3.71. The monoisotopic (exact) mass is 1090 g/mol. The van der Waals surface area contributed by atoms with E-state index in [1.165, 1.54) is 0 Å². The molecule has 0 saturated heterocycles. The van der Waals surface area contributed by atoms with Crippen LogP contribution in [0.25, 0.3) is 0 Å². The molecule has 1 aromatic heterocycles. The molecule has 74 heavy (non-hydrogen) atoms. The van der Waals surface area contributed by atoms with Gasteiger partial charge in [0, 0.05) is 23.3 Å². The summed E-state index contributed by atoms with van der Waals surface area (Å²) >= 11 is 0. The lowest BCUT2D eigenvalue weighted by atomic mass is 9.12. The van der Waals surface area contributed by atoms with Gasteiger partial charge in [-0.3, -0.25) is 9.59 Å². The number of nitrogens with zero attached hydrogens (tertiary/aromatic N) is 1. The number of hydrogen-bond donors (Lipinski definition) is 0. The molecule has 0 aliphatic rings. The number of alkyl halides is 24. The van der Waals surface area contributed by atoms with Crippen LogP contribution in [0.1, 0.15) is 65.2 Å². The third-order valence-corrected chi connectivity index (χ3v) is 10.9. The first-order chi connectivity index (χ1) is 33.6. The van der Waals surface area contributed by atoms with E-state index in [0.717, 1.165) is 6.29 Å². The van der Waals surface area contributed by atoms with E-state index in [0.29, 0.717) is 11.1 Å². The Morgan fingerprint density at radius 2 is 0.595 bits per heavy atom. The Labute approximate surface area is 398 Å². The maximum Gasteiger partial charge on any atom is 0.416 e. The molecule has 0 spiro atoms. The number of halogens is 24. The maximum absolute atomic E-state index is 14.2. The summed E-state index contributed by atoms with van der Waals surface area (Å²) in [6.45, 7) is 0.281. The van der Waals surface area contributed by atoms with Crippen LogP contribution in [-0.4, -0.2) is 18.2 Å². The molecule has 6 rings (SSSR count). The Hall–Kier alpha value is -7.03. The fourth-order valence-corrected chi connectivity index (χ4v) is 7.60. The molecule has 1 heterocycles. The Morgan fingerprint density at radius 3 is 0.797 bits per heavy atom. The van der Waals surface area contributed by atoms with Gasteiger partial charge in [0.2, 0.25) is 12.3 Å². The van der Waals surface area contributed by atoms with Crippen LogP contribution < -0.4 is 26.4 Å². The van der Waals surface area contributed by atoms with Crippen LogP contribution >= 0.6 is 0 Å². The molecule has 0 fully saturated rings. The van der Waals surface area contributed by atoms with Crippen LogP contribution in [-0.2, 0) is 56.0 Å². The molecule has 0 unspecified atom stereocenters. The minimum absolute atomic E-state index is 0.0504. The molecule has 0 amide bonds. The van der Waals surface area contributed by atoms with Crippen molar-refractivity contribution >= 4 is 40.1 Å². The Morgan fingerprint density at radius 1 is 0.365 bits per heavy atom. The number of aromatic nitrogens is 1. The summed E-state index contributed by atoms with van der Waals surface area (Å²) in [5, 5.41) is 0. The van der Waals surface area contributed by atoms with Gasteiger partial charge in [0.25, 0.3) is 0 Å². The largest absolute Gasteiger partial charge is 0.416 e. The average Bonchev–Trinajstić information content (AvgIpc) is 3.27. The van der Waals surface area contributed by atoms with E-state index in [-0.39, 0.29) is 12.3 Å². The third kappa shape index (κ3) is 13.4. The summed E-state index contributed by atoms with van der Waals surface area (Å²) in [4.78, 5) is 22.4. The smallest absolute Gasteiger partial charge is 0.298 e. The van der Waals surface area contributed by atoms with E-state index in [4.69, 9.17) is 0 Å². The van der Waals surface area contributed by atoms with Crippen molar-refractivity contribution in [1.29, 1.82) is 0 Å². The zero-order valence-corrected chi connectivity index (χ0v) is 35.8. The summed E-state index contributed by atoms with van der Waals surface area (Å²) in [7, 11) is 0. The number of pyridine rings is 1. The van der Waals surface area contributed by atoms with Gasteiger partial charge in [0.05, 0.1) is 44.5 Å². The molecule has 28 heteroatoms. The first-order valence-corrected chi connectivity index (χ1v) is 19.9. The average molecular weight is 1090 g/mol. The number of carbonyl (C=O) groups is 2. The second-order valence-corrected chi connectivity index (χ2v) is 15.9. The minimum Gasteiger partial charge on any atom is -0.298 e. The molecule has 396 valence electrons. The van der Waals surface area contributed by atoms with Gasteiger partial charge >= 0.3 is 49.4 Å². The van der Waals surface area contributed by atoms with Crippen molar-refractivity contribution in [3.05, 3.63) is 183 Å². The zero-order valence-electron chi connectivity index (χ0n) is 35.8. The predicted molar refractivity (Wildman–Crippen MR) is 213 cm³/mol. The van der Waals surface area contributed by atoms with Crippen LogP contribution in [0.15, 0.2) is 128 Å². The van der Waals surface area contributed by atoms with Gasteiger partial charge in [0.15, 0.2) is 18.7 Å². The molecular weight excluding hydrogens is 1070 g/mol.